The van der Waals surface area contributed by atoms with E-state index < -0.39 is 60.7 Å². The van der Waals surface area contributed by atoms with Crippen molar-refractivity contribution >= 4 is 23.1 Å². The van der Waals surface area contributed by atoms with Gasteiger partial charge in [-0.3, -0.25) is 0 Å². The molecule has 0 bridgehead atoms. The fourth-order valence-electron chi connectivity index (χ4n) is 0.565. The number of hydrogen-bond acceptors (Lipinski definition) is 4. The standard InChI is InChI=1S/2C5HF6O2.Zn/c2*6-4(7,8)2(12)1-3(13)5(9,10)11;/h2*1H;/q2*-1;+2. The molecule has 0 aromatic carbocycles. The summed E-state index contributed by atoms with van der Waals surface area (Å²) in [6.07, 6.45) is -23.9. The summed E-state index contributed by atoms with van der Waals surface area (Å²) in [5.74, 6) is -11.3. The molecule has 0 N–H and O–H groups in total. The molecule has 0 saturated heterocycles. The van der Waals surface area contributed by atoms with Crippen LogP contribution in [0.2, 0.25) is 0 Å². The van der Waals surface area contributed by atoms with Crippen LogP contribution in [-0.2, 0) is 38.7 Å². The minimum atomic E-state index is -5.46. The third-order valence-corrected chi connectivity index (χ3v) is 1.64. The summed E-state index contributed by atoms with van der Waals surface area (Å²) < 4.78 is 136. The number of alkyl halides is 12. The Balaban J connectivity index is -0.000000411. The molecule has 152 valence electrons. The summed E-state index contributed by atoms with van der Waals surface area (Å²) in [7, 11) is 0. The maximum absolute atomic E-state index is 11.3. The van der Waals surface area contributed by atoms with E-state index in [9.17, 15) is 71.9 Å². The summed E-state index contributed by atoms with van der Waals surface area (Å²) in [4.78, 5) is 39.3. The van der Waals surface area contributed by atoms with Gasteiger partial charge in [0.2, 0.25) is 0 Å². The van der Waals surface area contributed by atoms with E-state index in [4.69, 9.17) is 0 Å². The molecule has 0 aromatic heterocycles. The molecule has 0 aliphatic heterocycles. The molecule has 0 rings (SSSR count). The van der Waals surface area contributed by atoms with Gasteiger partial charge in [0.1, 0.15) is 23.1 Å². The number of carbonyl (C=O) groups excluding carboxylic acids is 4. The number of Topliss-reactive ketones (excluding diaryl/α,β-unsaturated/α-hetero) is 4. The van der Waals surface area contributed by atoms with E-state index in [1.165, 1.54) is 0 Å². The molecule has 0 amide bonds. The van der Waals surface area contributed by atoms with Crippen LogP contribution >= 0.6 is 0 Å². The first-order chi connectivity index (χ1) is 11.1. The van der Waals surface area contributed by atoms with Crippen molar-refractivity contribution in [3.05, 3.63) is 12.8 Å². The van der Waals surface area contributed by atoms with Crippen LogP contribution in [0.25, 0.3) is 0 Å². The monoisotopic (exact) mass is 478 g/mol. The van der Waals surface area contributed by atoms with Gasteiger partial charge in [-0.15, -0.1) is 0 Å². The Morgan fingerprint density at radius 3 is 0.593 bits per heavy atom. The SMILES string of the molecule is O=C([CH-]C(=O)C(F)(F)F)C(F)(F)F.O=C([CH-]C(=O)C(F)(F)F)C(F)(F)F.[Zn+2]. The van der Waals surface area contributed by atoms with E-state index in [-0.39, 0.29) is 19.5 Å². The van der Waals surface area contributed by atoms with Crippen molar-refractivity contribution < 1.29 is 91.3 Å². The molecule has 0 unspecified atom stereocenters. The quantitative estimate of drug-likeness (QED) is 0.269. The van der Waals surface area contributed by atoms with Crippen molar-refractivity contribution in [2.75, 3.05) is 0 Å². The van der Waals surface area contributed by atoms with E-state index in [0.717, 1.165) is 0 Å². The first-order valence-electron chi connectivity index (χ1n) is 5.24. The average Bonchev–Trinajstić information content (AvgIpc) is 2.34. The molecule has 0 aromatic rings. The average molecular weight is 479 g/mol. The smallest absolute Gasteiger partial charge is 0.324 e. The van der Waals surface area contributed by atoms with Crippen LogP contribution in [0.15, 0.2) is 0 Å². The van der Waals surface area contributed by atoms with Crippen molar-refractivity contribution in [1.82, 2.24) is 0 Å². The second-order valence-corrected chi connectivity index (χ2v) is 3.74. The number of halogens is 12. The predicted octanol–water partition coefficient (Wildman–Crippen LogP) is 2.90. The van der Waals surface area contributed by atoms with Crippen molar-refractivity contribution in [2.45, 2.75) is 24.7 Å². The van der Waals surface area contributed by atoms with Gasteiger partial charge in [0.25, 0.3) is 0 Å². The summed E-state index contributed by atoms with van der Waals surface area (Å²) >= 11 is 0. The maximum Gasteiger partial charge on any atom is 2.00 e. The molecule has 0 radical (unpaired) electrons. The van der Waals surface area contributed by atoms with Gasteiger partial charge in [0.05, 0.1) is 0 Å². The van der Waals surface area contributed by atoms with Gasteiger partial charge in [0, 0.05) is 0 Å². The number of carbonyl (C=O) groups is 4. The molecular weight excluding hydrogens is 477 g/mol. The Hall–Kier alpha value is -1.80. The first-order valence-corrected chi connectivity index (χ1v) is 5.24. The summed E-state index contributed by atoms with van der Waals surface area (Å²) in [5.41, 5.74) is 0. The zero-order chi connectivity index (χ0) is 21.7. The van der Waals surface area contributed by atoms with E-state index in [1.807, 2.05) is 0 Å². The van der Waals surface area contributed by atoms with E-state index >= 15 is 0 Å². The van der Waals surface area contributed by atoms with Crippen LogP contribution in [0.3, 0.4) is 0 Å². The minimum Gasteiger partial charge on any atom is -0.324 e. The van der Waals surface area contributed by atoms with E-state index in [0.29, 0.717) is 0 Å². The maximum atomic E-state index is 11.3. The normalized spacial score (nSPS) is 12.0. The Kier molecular flexibility index (Phi) is 11.0. The molecule has 0 fully saturated rings. The summed E-state index contributed by atoms with van der Waals surface area (Å²) in [5, 5.41) is 0. The van der Waals surface area contributed by atoms with Gasteiger partial charge in [-0.1, -0.05) is 0 Å². The molecule has 4 nitrogen and oxygen atoms in total. The Labute approximate surface area is 153 Å². The third-order valence-electron chi connectivity index (χ3n) is 1.64. The van der Waals surface area contributed by atoms with Gasteiger partial charge in [-0.05, 0) is 0 Å². The Bertz CT molecular complexity index is 456. The van der Waals surface area contributed by atoms with Crippen molar-refractivity contribution in [1.29, 1.82) is 0 Å². The second kappa shape index (κ2) is 9.94. The number of ketones is 4. The van der Waals surface area contributed by atoms with Crippen LogP contribution in [0.5, 0.6) is 0 Å². The van der Waals surface area contributed by atoms with Gasteiger partial charge in [-0.25, -0.2) is 12.8 Å². The molecule has 17 heteroatoms. The molecule has 27 heavy (non-hydrogen) atoms. The van der Waals surface area contributed by atoms with E-state index in [1.54, 1.807) is 0 Å². The number of hydrogen-bond donors (Lipinski definition) is 0. The van der Waals surface area contributed by atoms with Crippen molar-refractivity contribution in [2.24, 2.45) is 0 Å². The fraction of sp³-hybridized carbons (Fsp3) is 0.400. The van der Waals surface area contributed by atoms with E-state index in [2.05, 4.69) is 0 Å². The third kappa shape index (κ3) is 13.1. The molecule has 0 aliphatic carbocycles. The van der Waals surface area contributed by atoms with Gasteiger partial charge in [0.15, 0.2) is 0 Å². The zero-order valence-corrected chi connectivity index (χ0v) is 15.0. The topological polar surface area (TPSA) is 68.3 Å². The number of rotatable bonds is 4. The predicted molar refractivity (Wildman–Crippen MR) is 52.8 cm³/mol. The molecule has 0 aliphatic rings. The van der Waals surface area contributed by atoms with Crippen LogP contribution in [-0.4, -0.2) is 47.8 Å². The van der Waals surface area contributed by atoms with Crippen molar-refractivity contribution in [3.8, 4) is 0 Å². The Morgan fingerprint density at radius 2 is 0.519 bits per heavy atom. The first kappa shape index (κ1) is 29.9. The van der Waals surface area contributed by atoms with Gasteiger partial charge in [-0.2, -0.15) is 52.7 Å². The summed E-state index contributed by atoms with van der Waals surface area (Å²) in [6.45, 7) is 0. The molecule has 0 spiro atoms. The van der Waals surface area contributed by atoms with Crippen LogP contribution in [0.1, 0.15) is 0 Å². The minimum absolute atomic E-state index is 0. The van der Waals surface area contributed by atoms with Gasteiger partial charge < -0.3 is 19.2 Å². The van der Waals surface area contributed by atoms with Crippen molar-refractivity contribution in [3.63, 3.8) is 0 Å². The Morgan fingerprint density at radius 1 is 0.407 bits per heavy atom. The molecule has 0 heterocycles. The van der Waals surface area contributed by atoms with Crippen LogP contribution in [0, 0.1) is 12.8 Å². The molecule has 0 saturated carbocycles. The van der Waals surface area contributed by atoms with Gasteiger partial charge >= 0.3 is 44.2 Å². The fourth-order valence-corrected chi connectivity index (χ4v) is 0.565. The molecule has 0 atom stereocenters. The largest absolute Gasteiger partial charge is 2.00 e. The summed E-state index contributed by atoms with van der Waals surface area (Å²) in [6, 6.07) is 0. The van der Waals surface area contributed by atoms with Crippen LogP contribution < -0.4 is 0 Å². The molecular formula is C10H2F12O4Zn. The zero-order valence-electron chi connectivity index (χ0n) is 12.0. The second-order valence-electron chi connectivity index (χ2n) is 3.74. The van der Waals surface area contributed by atoms with Crippen LogP contribution in [0.4, 0.5) is 52.7 Å².